The smallest absolute Gasteiger partial charge is 0.0193 e. The lowest BCUT2D eigenvalue weighted by molar-refractivity contribution is 1.61. The first-order chi connectivity index (χ1) is 4.70. The van der Waals surface area contributed by atoms with Crippen molar-refractivity contribution in [1.82, 2.24) is 0 Å². The highest BCUT2D eigenvalue weighted by atomic mass is 79.9. The van der Waals surface area contributed by atoms with Crippen LogP contribution in [0.4, 0.5) is 0 Å². The fourth-order valence-corrected chi connectivity index (χ4v) is 1.09. The molecule has 0 radical (unpaired) electrons. The molecule has 0 spiro atoms. The van der Waals surface area contributed by atoms with Crippen molar-refractivity contribution in [3.05, 3.63) is 34.3 Å². The molecule has 0 aliphatic carbocycles. The van der Waals surface area contributed by atoms with Crippen molar-refractivity contribution in [1.29, 1.82) is 0 Å². The van der Waals surface area contributed by atoms with Gasteiger partial charge in [-0.15, -0.1) is 0 Å². The minimum Gasteiger partial charge on any atom is -0.0846 e. The predicted molar refractivity (Wildman–Crippen MR) is 51.5 cm³/mol. The van der Waals surface area contributed by atoms with Crippen molar-refractivity contribution in [2.75, 3.05) is 0 Å². The third-order valence-corrected chi connectivity index (χ3v) is 2.02. The van der Waals surface area contributed by atoms with Crippen molar-refractivity contribution < 1.29 is 0 Å². The second kappa shape index (κ2) is 3.26. The lowest BCUT2D eigenvalue weighted by atomic mass is 10.2. The standard InChI is InChI=1S/C8H7BrS/c1-6(10)7-2-4-8(9)5-3-7/h2-5H,1H3. The Balaban J connectivity index is 3.00. The van der Waals surface area contributed by atoms with E-state index in [1.807, 2.05) is 31.2 Å². The minimum absolute atomic E-state index is 0.938. The molecule has 0 saturated heterocycles. The Kier molecular flexibility index (Phi) is 2.57. The highest BCUT2D eigenvalue weighted by molar-refractivity contribution is 9.10. The van der Waals surface area contributed by atoms with Crippen molar-refractivity contribution in [2.45, 2.75) is 6.92 Å². The molecular weight excluding hydrogens is 208 g/mol. The van der Waals surface area contributed by atoms with E-state index in [0.29, 0.717) is 0 Å². The Morgan fingerprint density at radius 2 is 1.80 bits per heavy atom. The average Bonchev–Trinajstić information content (AvgIpc) is 1.88. The van der Waals surface area contributed by atoms with Gasteiger partial charge in [0, 0.05) is 9.34 Å². The molecule has 0 aliphatic heterocycles. The molecule has 0 bridgehead atoms. The minimum atomic E-state index is 0.938. The topological polar surface area (TPSA) is 0 Å². The van der Waals surface area contributed by atoms with Gasteiger partial charge < -0.3 is 0 Å². The first-order valence-corrected chi connectivity index (χ1v) is 4.17. The van der Waals surface area contributed by atoms with Crippen LogP contribution in [-0.4, -0.2) is 4.86 Å². The summed E-state index contributed by atoms with van der Waals surface area (Å²) in [5.74, 6) is 0. The predicted octanol–water partition coefficient (Wildman–Crippen LogP) is 3.19. The molecule has 0 unspecified atom stereocenters. The number of benzene rings is 1. The van der Waals surface area contributed by atoms with Gasteiger partial charge in [-0.3, -0.25) is 0 Å². The molecule has 0 aromatic heterocycles. The number of hydrogen-bond acceptors (Lipinski definition) is 1. The van der Waals surface area contributed by atoms with Gasteiger partial charge in [0.1, 0.15) is 0 Å². The first-order valence-electron chi connectivity index (χ1n) is 2.96. The van der Waals surface area contributed by atoms with Crippen LogP contribution < -0.4 is 0 Å². The van der Waals surface area contributed by atoms with E-state index in [0.717, 1.165) is 14.9 Å². The molecule has 0 nitrogen and oxygen atoms in total. The van der Waals surface area contributed by atoms with Gasteiger partial charge in [0.25, 0.3) is 0 Å². The molecule has 1 aromatic carbocycles. The van der Waals surface area contributed by atoms with Crippen LogP contribution in [-0.2, 0) is 0 Å². The molecule has 2 heteroatoms. The summed E-state index contributed by atoms with van der Waals surface area (Å²) in [4.78, 5) is 0.938. The summed E-state index contributed by atoms with van der Waals surface area (Å²) in [6.07, 6.45) is 0. The van der Waals surface area contributed by atoms with Crippen LogP contribution in [0.25, 0.3) is 0 Å². The van der Waals surface area contributed by atoms with Crippen molar-refractivity contribution in [3.8, 4) is 0 Å². The van der Waals surface area contributed by atoms with Gasteiger partial charge >= 0.3 is 0 Å². The van der Waals surface area contributed by atoms with E-state index < -0.39 is 0 Å². The average molecular weight is 215 g/mol. The number of hydrogen-bond donors (Lipinski definition) is 0. The van der Waals surface area contributed by atoms with Crippen molar-refractivity contribution >= 4 is 33.0 Å². The van der Waals surface area contributed by atoms with Gasteiger partial charge in [-0.1, -0.05) is 40.3 Å². The van der Waals surface area contributed by atoms with Crippen molar-refractivity contribution in [3.63, 3.8) is 0 Å². The SMILES string of the molecule is CC(=S)c1ccc(Br)cc1. The highest BCUT2D eigenvalue weighted by Gasteiger charge is 1.92. The van der Waals surface area contributed by atoms with Gasteiger partial charge in [-0.2, -0.15) is 0 Å². The Bertz CT molecular complexity index is 238. The van der Waals surface area contributed by atoms with Gasteiger partial charge in [0.2, 0.25) is 0 Å². The highest BCUT2D eigenvalue weighted by Crippen LogP contribution is 2.10. The maximum Gasteiger partial charge on any atom is 0.0193 e. The zero-order valence-electron chi connectivity index (χ0n) is 5.60. The Morgan fingerprint density at radius 3 is 2.20 bits per heavy atom. The summed E-state index contributed by atoms with van der Waals surface area (Å²) in [7, 11) is 0. The second-order valence-corrected chi connectivity index (χ2v) is 3.59. The molecule has 0 aliphatic rings. The molecule has 0 fully saturated rings. The molecule has 0 heterocycles. The quantitative estimate of drug-likeness (QED) is 0.512. The van der Waals surface area contributed by atoms with E-state index >= 15 is 0 Å². The number of rotatable bonds is 1. The molecule has 0 amide bonds. The van der Waals surface area contributed by atoms with E-state index in [1.165, 1.54) is 0 Å². The number of thiocarbonyl (C=S) groups is 1. The van der Waals surface area contributed by atoms with Crippen LogP contribution in [0.5, 0.6) is 0 Å². The first kappa shape index (κ1) is 7.89. The molecule has 52 valence electrons. The van der Waals surface area contributed by atoms with E-state index in [9.17, 15) is 0 Å². The Morgan fingerprint density at radius 1 is 1.30 bits per heavy atom. The third kappa shape index (κ3) is 1.89. The summed E-state index contributed by atoms with van der Waals surface area (Å²) in [6.45, 7) is 1.93. The van der Waals surface area contributed by atoms with Gasteiger partial charge in [-0.05, 0) is 24.6 Å². The molecule has 0 N–H and O–H groups in total. The summed E-state index contributed by atoms with van der Waals surface area (Å²) >= 11 is 8.34. The summed E-state index contributed by atoms with van der Waals surface area (Å²) in [5, 5.41) is 0. The van der Waals surface area contributed by atoms with Gasteiger partial charge in [0.15, 0.2) is 0 Å². The third-order valence-electron chi connectivity index (χ3n) is 1.25. The lowest BCUT2D eigenvalue weighted by Gasteiger charge is -1.95. The zero-order valence-corrected chi connectivity index (χ0v) is 8.00. The Hall–Kier alpha value is -0.210. The van der Waals surface area contributed by atoms with Crippen LogP contribution >= 0.6 is 28.1 Å². The van der Waals surface area contributed by atoms with E-state index in [4.69, 9.17) is 12.2 Å². The van der Waals surface area contributed by atoms with Crippen LogP contribution in [0, 0.1) is 0 Å². The molecule has 10 heavy (non-hydrogen) atoms. The summed E-state index contributed by atoms with van der Waals surface area (Å²) in [6, 6.07) is 8.00. The van der Waals surface area contributed by atoms with Crippen LogP contribution in [0.15, 0.2) is 28.7 Å². The van der Waals surface area contributed by atoms with Crippen molar-refractivity contribution in [2.24, 2.45) is 0 Å². The van der Waals surface area contributed by atoms with E-state index in [-0.39, 0.29) is 0 Å². The monoisotopic (exact) mass is 214 g/mol. The normalized spacial score (nSPS) is 9.40. The fraction of sp³-hybridized carbons (Fsp3) is 0.125. The maximum atomic E-state index is 4.99. The largest absolute Gasteiger partial charge is 0.0846 e. The van der Waals surface area contributed by atoms with Crippen LogP contribution in [0.2, 0.25) is 0 Å². The maximum absolute atomic E-state index is 4.99. The molecule has 0 saturated carbocycles. The zero-order chi connectivity index (χ0) is 7.56. The molecule has 1 rings (SSSR count). The molecule has 1 aromatic rings. The lowest BCUT2D eigenvalue weighted by Crippen LogP contribution is -1.87. The second-order valence-electron chi connectivity index (χ2n) is 2.06. The summed E-state index contributed by atoms with van der Waals surface area (Å²) < 4.78 is 1.09. The molecular formula is C8H7BrS. The summed E-state index contributed by atoms with van der Waals surface area (Å²) in [5.41, 5.74) is 1.12. The Labute approximate surface area is 74.4 Å². The van der Waals surface area contributed by atoms with Crippen LogP contribution in [0.1, 0.15) is 12.5 Å². The van der Waals surface area contributed by atoms with Gasteiger partial charge in [-0.25, -0.2) is 0 Å². The van der Waals surface area contributed by atoms with E-state index in [1.54, 1.807) is 0 Å². The van der Waals surface area contributed by atoms with Gasteiger partial charge in [0.05, 0.1) is 0 Å². The number of halogens is 1. The fourth-order valence-electron chi connectivity index (χ4n) is 0.685. The molecule has 0 atom stereocenters. The van der Waals surface area contributed by atoms with Crippen LogP contribution in [0.3, 0.4) is 0 Å². The van der Waals surface area contributed by atoms with E-state index in [2.05, 4.69) is 15.9 Å².